The van der Waals surface area contributed by atoms with Crippen molar-refractivity contribution in [2.45, 2.75) is 31.8 Å². The zero-order valence-electron chi connectivity index (χ0n) is 16.9. The van der Waals surface area contributed by atoms with Crippen LogP contribution in [-0.2, 0) is 4.74 Å². The highest BCUT2D eigenvalue weighted by Gasteiger charge is 2.52. The van der Waals surface area contributed by atoms with Gasteiger partial charge in [-0.2, -0.15) is 5.10 Å². The Kier molecular flexibility index (Phi) is 4.32. The summed E-state index contributed by atoms with van der Waals surface area (Å²) in [6, 6.07) is 6.40. The molecule has 0 amide bonds. The summed E-state index contributed by atoms with van der Waals surface area (Å²) < 4.78 is 11.8. The van der Waals surface area contributed by atoms with Gasteiger partial charge in [-0.05, 0) is 55.5 Å². The van der Waals surface area contributed by atoms with Crippen LogP contribution in [0.5, 0.6) is 5.88 Å². The second-order valence-electron chi connectivity index (χ2n) is 8.55. The van der Waals surface area contributed by atoms with Gasteiger partial charge in [0.15, 0.2) is 0 Å². The molecule has 2 aromatic heterocycles. The van der Waals surface area contributed by atoms with Crippen LogP contribution in [0.3, 0.4) is 0 Å². The first-order valence-electron chi connectivity index (χ1n) is 10.8. The fraction of sp³-hybridized carbons (Fsp3) is 0.435. The largest absolute Gasteiger partial charge is 0.471 e. The molecule has 7 heteroatoms. The van der Waals surface area contributed by atoms with Crippen LogP contribution < -0.4 is 10.1 Å². The lowest BCUT2D eigenvalue weighted by Crippen LogP contribution is -2.45. The highest BCUT2D eigenvalue weighted by molar-refractivity contribution is 5.94. The number of rotatable bonds is 4. The summed E-state index contributed by atoms with van der Waals surface area (Å²) in [5.74, 6) is 0.576. The zero-order valence-corrected chi connectivity index (χ0v) is 16.9. The average Bonchev–Trinajstić information content (AvgIpc) is 3.44. The van der Waals surface area contributed by atoms with Crippen molar-refractivity contribution < 1.29 is 9.47 Å². The van der Waals surface area contributed by atoms with Crippen molar-refractivity contribution in [2.75, 3.05) is 26.3 Å². The molecule has 1 atom stereocenters. The van der Waals surface area contributed by atoms with Crippen LogP contribution in [0.25, 0.3) is 27.9 Å². The van der Waals surface area contributed by atoms with Crippen LogP contribution >= 0.6 is 0 Å². The molecule has 0 radical (unpaired) electrons. The van der Waals surface area contributed by atoms with Crippen molar-refractivity contribution in [2.24, 2.45) is 5.41 Å². The van der Waals surface area contributed by atoms with Crippen LogP contribution in [0.2, 0.25) is 0 Å². The Morgan fingerprint density at radius 2 is 2.13 bits per heavy atom. The van der Waals surface area contributed by atoms with Gasteiger partial charge in [-0.1, -0.05) is 12.1 Å². The van der Waals surface area contributed by atoms with Crippen LogP contribution in [0.15, 0.2) is 36.7 Å². The maximum atomic E-state index is 6.31. The molecule has 0 bridgehead atoms. The summed E-state index contributed by atoms with van der Waals surface area (Å²) in [6.07, 6.45) is 10.4. The van der Waals surface area contributed by atoms with E-state index in [-0.39, 0.29) is 6.10 Å². The van der Waals surface area contributed by atoms with E-state index in [1.807, 2.05) is 0 Å². The Morgan fingerprint density at radius 1 is 1.17 bits per heavy atom. The maximum absolute atomic E-state index is 6.31. The van der Waals surface area contributed by atoms with Gasteiger partial charge in [0.25, 0.3) is 0 Å². The van der Waals surface area contributed by atoms with E-state index >= 15 is 0 Å². The molecule has 1 saturated carbocycles. The molecule has 30 heavy (non-hydrogen) atoms. The highest BCUT2D eigenvalue weighted by atomic mass is 16.5. The summed E-state index contributed by atoms with van der Waals surface area (Å²) in [4.78, 5) is 9.17. The minimum Gasteiger partial charge on any atom is -0.471 e. The Bertz CT molecular complexity index is 1120. The topological polar surface area (TPSA) is 85.0 Å². The fourth-order valence-corrected chi connectivity index (χ4v) is 4.71. The predicted octanol–water partition coefficient (Wildman–Crippen LogP) is 3.34. The molecule has 7 nitrogen and oxygen atoms in total. The molecule has 3 aromatic rings. The number of aromatic nitrogens is 4. The van der Waals surface area contributed by atoms with Crippen LogP contribution in [-0.4, -0.2) is 52.6 Å². The summed E-state index contributed by atoms with van der Waals surface area (Å²) in [5, 5.41) is 12.2. The van der Waals surface area contributed by atoms with Crippen molar-refractivity contribution in [3.63, 3.8) is 0 Å². The minimum atomic E-state index is 0.166. The van der Waals surface area contributed by atoms with Crippen LogP contribution in [0, 0.1) is 5.41 Å². The number of H-pyrrole nitrogens is 1. The van der Waals surface area contributed by atoms with Gasteiger partial charge in [0.1, 0.15) is 17.5 Å². The Morgan fingerprint density at radius 3 is 3.00 bits per heavy atom. The lowest BCUT2D eigenvalue weighted by molar-refractivity contribution is 0.0844. The SMILES string of the molecule is C1=C(c2ccc3[nH]nc(-c4cncc(O[C@H]5CNCCC56CC6)n4)c3c2)CCOC1. The van der Waals surface area contributed by atoms with Gasteiger partial charge >= 0.3 is 0 Å². The van der Waals surface area contributed by atoms with Crippen LogP contribution in [0.1, 0.15) is 31.2 Å². The van der Waals surface area contributed by atoms with Crippen molar-refractivity contribution >= 4 is 16.5 Å². The van der Waals surface area contributed by atoms with Crippen molar-refractivity contribution in [3.8, 4) is 17.3 Å². The summed E-state index contributed by atoms with van der Waals surface area (Å²) in [6.45, 7) is 3.40. The molecule has 2 N–H and O–H groups in total. The first kappa shape index (κ1) is 18.0. The number of aromatic amines is 1. The smallest absolute Gasteiger partial charge is 0.233 e. The molecular formula is C23H25N5O2. The summed E-state index contributed by atoms with van der Waals surface area (Å²) in [7, 11) is 0. The van der Waals surface area contributed by atoms with Crippen molar-refractivity contribution in [1.82, 2.24) is 25.5 Å². The van der Waals surface area contributed by atoms with Crippen molar-refractivity contribution in [3.05, 3.63) is 42.2 Å². The van der Waals surface area contributed by atoms with E-state index in [0.717, 1.165) is 48.4 Å². The number of hydrogen-bond donors (Lipinski definition) is 2. The molecule has 0 unspecified atom stereocenters. The second-order valence-corrected chi connectivity index (χ2v) is 8.55. The number of ether oxygens (including phenoxy) is 2. The second kappa shape index (κ2) is 7.18. The standard InChI is InChI=1S/C23H25N5O2/c1-2-18-17(11-16(1)15-3-9-29-10-4-15)22(28-27-18)19-12-25-14-21(26-19)30-20-13-24-8-7-23(20)5-6-23/h1-3,11-12,14,20,24H,4-10,13H2,(H,27,28)/t20-/m0/s1. The Hall–Kier alpha value is -2.77. The molecule has 4 heterocycles. The molecule has 154 valence electrons. The normalized spacial score (nSPS) is 22.8. The number of fused-ring (bicyclic) bond motifs is 1. The third kappa shape index (κ3) is 3.18. The lowest BCUT2D eigenvalue weighted by atomic mass is 9.92. The molecule has 1 aliphatic carbocycles. The molecule has 1 saturated heterocycles. The summed E-state index contributed by atoms with van der Waals surface area (Å²) in [5.41, 5.74) is 5.39. The Balaban J connectivity index is 1.32. The summed E-state index contributed by atoms with van der Waals surface area (Å²) >= 11 is 0. The number of hydrogen-bond acceptors (Lipinski definition) is 6. The molecule has 6 rings (SSSR count). The van der Waals surface area contributed by atoms with E-state index in [1.54, 1.807) is 12.4 Å². The Labute approximate surface area is 174 Å². The third-order valence-electron chi connectivity index (χ3n) is 6.72. The molecule has 3 aliphatic rings. The number of nitrogens with one attached hydrogen (secondary N) is 2. The van der Waals surface area contributed by atoms with Gasteiger partial charge in [0.05, 0.1) is 31.1 Å². The average molecular weight is 403 g/mol. The molecule has 2 fully saturated rings. The zero-order chi connectivity index (χ0) is 20.0. The van der Waals surface area contributed by atoms with Gasteiger partial charge in [-0.25, -0.2) is 4.98 Å². The van der Waals surface area contributed by atoms with Gasteiger partial charge in [0, 0.05) is 17.3 Å². The van der Waals surface area contributed by atoms with Crippen molar-refractivity contribution in [1.29, 1.82) is 0 Å². The quantitative estimate of drug-likeness (QED) is 0.695. The first-order chi connectivity index (χ1) is 14.8. The van der Waals surface area contributed by atoms with Gasteiger partial charge in [-0.15, -0.1) is 0 Å². The van der Waals surface area contributed by atoms with E-state index in [4.69, 9.17) is 14.5 Å². The van der Waals surface area contributed by atoms with E-state index in [0.29, 0.717) is 17.9 Å². The van der Waals surface area contributed by atoms with E-state index in [9.17, 15) is 0 Å². The monoisotopic (exact) mass is 403 g/mol. The molecular weight excluding hydrogens is 378 g/mol. The van der Waals surface area contributed by atoms with Gasteiger partial charge in [-0.3, -0.25) is 10.1 Å². The van der Waals surface area contributed by atoms with Crippen LogP contribution in [0.4, 0.5) is 0 Å². The number of nitrogens with zero attached hydrogens (tertiary/aromatic N) is 3. The van der Waals surface area contributed by atoms with Gasteiger partial charge in [0.2, 0.25) is 5.88 Å². The number of benzene rings is 1. The van der Waals surface area contributed by atoms with E-state index in [2.05, 4.69) is 44.8 Å². The predicted molar refractivity (Wildman–Crippen MR) is 114 cm³/mol. The van der Waals surface area contributed by atoms with E-state index < -0.39 is 0 Å². The lowest BCUT2D eigenvalue weighted by Gasteiger charge is -2.32. The third-order valence-corrected chi connectivity index (χ3v) is 6.72. The van der Waals surface area contributed by atoms with Gasteiger partial charge < -0.3 is 14.8 Å². The minimum absolute atomic E-state index is 0.166. The maximum Gasteiger partial charge on any atom is 0.233 e. The first-order valence-corrected chi connectivity index (χ1v) is 10.8. The molecule has 1 spiro atoms. The highest BCUT2D eigenvalue weighted by Crippen LogP contribution is 2.53. The molecule has 2 aliphatic heterocycles. The fourth-order valence-electron chi connectivity index (χ4n) is 4.71. The molecule has 1 aromatic carbocycles. The number of piperidine rings is 1. The van der Waals surface area contributed by atoms with E-state index in [1.165, 1.54) is 30.4 Å².